The van der Waals surface area contributed by atoms with E-state index in [9.17, 15) is 14.9 Å². The lowest BCUT2D eigenvalue weighted by Gasteiger charge is -2.07. The molecule has 0 saturated carbocycles. The molecular weight excluding hydrogens is 274 g/mol. The number of rotatable bonds is 5. The standard InChI is InChI=1S/C15H13NO5/c1-2-20-15(17)11-8-9-14(13(10-11)16(18)19)21-12-6-4-3-5-7-12/h3-10H,2H2,1H3. The molecule has 0 saturated heterocycles. The molecule has 6 heteroatoms. The molecule has 0 atom stereocenters. The predicted molar refractivity (Wildman–Crippen MR) is 75.6 cm³/mol. The summed E-state index contributed by atoms with van der Waals surface area (Å²) in [6.45, 7) is 1.87. The first-order valence-electron chi connectivity index (χ1n) is 6.30. The third-order valence-corrected chi connectivity index (χ3v) is 2.64. The third-order valence-electron chi connectivity index (χ3n) is 2.64. The van der Waals surface area contributed by atoms with Gasteiger partial charge in [0, 0.05) is 6.07 Å². The smallest absolute Gasteiger partial charge is 0.338 e. The number of hydrogen-bond donors (Lipinski definition) is 0. The van der Waals surface area contributed by atoms with E-state index < -0.39 is 10.9 Å². The molecule has 0 radical (unpaired) electrons. The van der Waals surface area contributed by atoms with Crippen LogP contribution in [0.25, 0.3) is 0 Å². The van der Waals surface area contributed by atoms with Gasteiger partial charge in [0.25, 0.3) is 0 Å². The number of carbonyl (C=O) groups is 1. The minimum Gasteiger partial charge on any atom is -0.462 e. The zero-order valence-electron chi connectivity index (χ0n) is 11.3. The molecule has 0 bridgehead atoms. The summed E-state index contributed by atoms with van der Waals surface area (Å²) in [4.78, 5) is 22.1. The molecule has 0 aliphatic carbocycles. The van der Waals surface area contributed by atoms with Crippen LogP contribution in [0.5, 0.6) is 11.5 Å². The van der Waals surface area contributed by atoms with Crippen LogP contribution < -0.4 is 4.74 Å². The summed E-state index contributed by atoms with van der Waals surface area (Å²) < 4.78 is 10.3. The van der Waals surface area contributed by atoms with Crippen LogP contribution in [0.15, 0.2) is 48.5 Å². The van der Waals surface area contributed by atoms with Crippen molar-refractivity contribution in [3.63, 3.8) is 0 Å². The molecule has 0 fully saturated rings. The van der Waals surface area contributed by atoms with Crippen molar-refractivity contribution in [2.75, 3.05) is 6.61 Å². The maximum Gasteiger partial charge on any atom is 0.338 e. The van der Waals surface area contributed by atoms with Crippen molar-refractivity contribution >= 4 is 11.7 Å². The lowest BCUT2D eigenvalue weighted by Crippen LogP contribution is -2.05. The van der Waals surface area contributed by atoms with Crippen LogP contribution in [-0.2, 0) is 4.74 Å². The number of ether oxygens (including phenoxy) is 2. The molecule has 0 aliphatic heterocycles. The van der Waals surface area contributed by atoms with Gasteiger partial charge in [-0.15, -0.1) is 0 Å². The minimum atomic E-state index is -0.605. The first-order chi connectivity index (χ1) is 10.1. The summed E-state index contributed by atoms with van der Waals surface area (Å²) in [7, 11) is 0. The van der Waals surface area contributed by atoms with Gasteiger partial charge in [0.1, 0.15) is 5.75 Å². The van der Waals surface area contributed by atoms with Gasteiger partial charge in [-0.2, -0.15) is 0 Å². The van der Waals surface area contributed by atoms with E-state index >= 15 is 0 Å². The first-order valence-corrected chi connectivity index (χ1v) is 6.30. The molecule has 0 aliphatic rings. The van der Waals surface area contributed by atoms with E-state index in [1.165, 1.54) is 12.1 Å². The van der Waals surface area contributed by atoms with Crippen molar-refractivity contribution in [2.45, 2.75) is 6.92 Å². The number of para-hydroxylation sites is 1. The highest BCUT2D eigenvalue weighted by atomic mass is 16.6. The molecule has 2 aromatic carbocycles. The summed E-state index contributed by atoms with van der Waals surface area (Å²) in [5.74, 6) is -0.0596. The van der Waals surface area contributed by atoms with Crippen LogP contribution >= 0.6 is 0 Å². The van der Waals surface area contributed by atoms with Crippen molar-refractivity contribution in [1.29, 1.82) is 0 Å². The Kier molecular flexibility index (Phi) is 4.50. The summed E-state index contributed by atoms with van der Waals surface area (Å²) in [6.07, 6.45) is 0. The maximum atomic E-state index is 11.6. The van der Waals surface area contributed by atoms with Gasteiger partial charge >= 0.3 is 11.7 Å². The second kappa shape index (κ2) is 6.51. The second-order valence-corrected chi connectivity index (χ2v) is 4.08. The monoisotopic (exact) mass is 287 g/mol. The molecule has 0 aromatic heterocycles. The normalized spacial score (nSPS) is 9.95. The van der Waals surface area contributed by atoms with E-state index in [-0.39, 0.29) is 23.6 Å². The predicted octanol–water partition coefficient (Wildman–Crippen LogP) is 3.56. The van der Waals surface area contributed by atoms with Crippen molar-refractivity contribution in [1.82, 2.24) is 0 Å². The fourth-order valence-corrected chi connectivity index (χ4v) is 1.70. The van der Waals surface area contributed by atoms with Gasteiger partial charge < -0.3 is 9.47 Å². The van der Waals surface area contributed by atoms with E-state index in [2.05, 4.69) is 0 Å². The van der Waals surface area contributed by atoms with E-state index in [1.807, 2.05) is 6.07 Å². The van der Waals surface area contributed by atoms with Crippen molar-refractivity contribution in [3.8, 4) is 11.5 Å². The number of nitro benzene ring substituents is 1. The summed E-state index contributed by atoms with van der Waals surface area (Å²) in [5, 5.41) is 11.1. The van der Waals surface area contributed by atoms with Crippen LogP contribution in [0.4, 0.5) is 5.69 Å². The lowest BCUT2D eigenvalue weighted by molar-refractivity contribution is -0.385. The van der Waals surface area contributed by atoms with E-state index in [1.54, 1.807) is 31.2 Å². The van der Waals surface area contributed by atoms with Crippen LogP contribution in [0.3, 0.4) is 0 Å². The van der Waals surface area contributed by atoms with Gasteiger partial charge in [-0.05, 0) is 31.2 Å². The van der Waals surface area contributed by atoms with Crippen molar-refractivity contribution in [3.05, 3.63) is 64.2 Å². The molecule has 0 amide bonds. The molecule has 6 nitrogen and oxygen atoms in total. The van der Waals surface area contributed by atoms with Crippen molar-refractivity contribution < 1.29 is 19.2 Å². The van der Waals surface area contributed by atoms with Crippen LogP contribution in [-0.4, -0.2) is 17.5 Å². The van der Waals surface area contributed by atoms with Gasteiger partial charge in [-0.25, -0.2) is 4.79 Å². The number of hydrogen-bond acceptors (Lipinski definition) is 5. The topological polar surface area (TPSA) is 78.7 Å². The van der Waals surface area contributed by atoms with Gasteiger partial charge in [-0.1, -0.05) is 18.2 Å². The summed E-state index contributed by atoms with van der Waals surface area (Å²) >= 11 is 0. The number of nitro groups is 1. The fourth-order valence-electron chi connectivity index (χ4n) is 1.70. The van der Waals surface area contributed by atoms with Gasteiger partial charge in [-0.3, -0.25) is 10.1 Å². The Morgan fingerprint density at radius 2 is 1.90 bits per heavy atom. The average Bonchev–Trinajstić information content (AvgIpc) is 2.48. The molecule has 21 heavy (non-hydrogen) atoms. The highest BCUT2D eigenvalue weighted by Gasteiger charge is 2.19. The molecule has 0 N–H and O–H groups in total. The van der Waals surface area contributed by atoms with Crippen LogP contribution in [0.2, 0.25) is 0 Å². The Hall–Kier alpha value is -2.89. The molecular formula is C15H13NO5. The summed E-state index contributed by atoms with van der Waals surface area (Å²) in [5.41, 5.74) is -0.173. The Bertz CT molecular complexity index is 654. The highest BCUT2D eigenvalue weighted by Crippen LogP contribution is 2.32. The minimum absolute atomic E-state index is 0.0687. The Balaban J connectivity index is 2.34. The fraction of sp³-hybridized carbons (Fsp3) is 0.133. The van der Waals surface area contributed by atoms with Gasteiger partial charge in [0.2, 0.25) is 5.75 Å². The van der Waals surface area contributed by atoms with Crippen molar-refractivity contribution in [2.24, 2.45) is 0 Å². The zero-order chi connectivity index (χ0) is 15.2. The molecule has 2 aromatic rings. The van der Waals surface area contributed by atoms with Crippen LogP contribution in [0.1, 0.15) is 17.3 Å². The molecule has 0 spiro atoms. The number of nitrogens with zero attached hydrogens (tertiary/aromatic N) is 1. The second-order valence-electron chi connectivity index (χ2n) is 4.08. The molecule has 0 unspecified atom stereocenters. The lowest BCUT2D eigenvalue weighted by atomic mass is 10.2. The Labute approximate surface area is 121 Å². The molecule has 108 valence electrons. The largest absolute Gasteiger partial charge is 0.462 e. The van der Waals surface area contributed by atoms with E-state index in [0.717, 1.165) is 6.07 Å². The van der Waals surface area contributed by atoms with E-state index in [0.29, 0.717) is 5.75 Å². The molecule has 2 rings (SSSR count). The first kappa shape index (κ1) is 14.5. The number of carbonyl (C=O) groups excluding carboxylic acids is 1. The summed E-state index contributed by atoms with van der Waals surface area (Å²) in [6, 6.07) is 12.7. The SMILES string of the molecule is CCOC(=O)c1ccc(Oc2ccccc2)c([N+](=O)[O-])c1. The Morgan fingerprint density at radius 3 is 2.52 bits per heavy atom. The van der Waals surface area contributed by atoms with Crippen LogP contribution in [0, 0.1) is 10.1 Å². The number of benzene rings is 2. The average molecular weight is 287 g/mol. The highest BCUT2D eigenvalue weighted by molar-refractivity contribution is 5.90. The quantitative estimate of drug-likeness (QED) is 0.477. The maximum absolute atomic E-state index is 11.6. The zero-order valence-corrected chi connectivity index (χ0v) is 11.3. The van der Waals surface area contributed by atoms with Gasteiger partial charge in [0.05, 0.1) is 17.1 Å². The number of esters is 1. The third kappa shape index (κ3) is 3.56. The van der Waals surface area contributed by atoms with Gasteiger partial charge in [0.15, 0.2) is 0 Å². The molecule has 0 heterocycles. The van der Waals surface area contributed by atoms with E-state index in [4.69, 9.17) is 9.47 Å². The Morgan fingerprint density at radius 1 is 1.19 bits per heavy atom.